The van der Waals surface area contributed by atoms with E-state index in [1.165, 1.54) is 6.92 Å². The molecule has 0 amide bonds. The minimum absolute atomic E-state index is 0. The Kier molecular flexibility index (Phi) is 5.07. The number of rotatable bonds is 1. The molecule has 5 heteroatoms. The molecule has 1 atom stereocenters. The lowest BCUT2D eigenvalue weighted by atomic mass is 9.86. The highest BCUT2D eigenvalue weighted by molar-refractivity contribution is 5.85. The van der Waals surface area contributed by atoms with Crippen molar-refractivity contribution >= 4 is 12.4 Å². The van der Waals surface area contributed by atoms with Gasteiger partial charge in [-0.2, -0.15) is 13.2 Å². The number of hydrogen-bond donors (Lipinski definition) is 1. The third kappa shape index (κ3) is 3.73. The molecule has 1 rings (SSSR count). The maximum absolute atomic E-state index is 12.2. The summed E-state index contributed by atoms with van der Waals surface area (Å²) in [7, 11) is 0. The molecule has 1 heterocycles. The number of piperidine rings is 1. The van der Waals surface area contributed by atoms with Gasteiger partial charge in [-0.05, 0) is 31.8 Å². The molecule has 1 N–H and O–H groups in total. The van der Waals surface area contributed by atoms with Crippen molar-refractivity contribution in [2.45, 2.75) is 25.9 Å². The van der Waals surface area contributed by atoms with Crippen molar-refractivity contribution in [1.29, 1.82) is 0 Å². The maximum atomic E-state index is 12.2. The molecule has 0 aromatic rings. The zero-order chi connectivity index (χ0) is 9.19. The van der Waals surface area contributed by atoms with E-state index in [2.05, 4.69) is 5.32 Å². The Morgan fingerprint density at radius 1 is 1.23 bits per heavy atom. The van der Waals surface area contributed by atoms with Crippen LogP contribution in [-0.4, -0.2) is 19.3 Å². The zero-order valence-electron chi connectivity index (χ0n) is 7.53. The van der Waals surface area contributed by atoms with Gasteiger partial charge < -0.3 is 5.32 Å². The van der Waals surface area contributed by atoms with Crippen LogP contribution >= 0.6 is 12.4 Å². The van der Waals surface area contributed by atoms with Crippen LogP contribution in [0.3, 0.4) is 0 Å². The first-order valence-electron chi connectivity index (χ1n) is 4.29. The second-order valence-electron chi connectivity index (χ2n) is 3.42. The Morgan fingerprint density at radius 3 is 2.08 bits per heavy atom. The summed E-state index contributed by atoms with van der Waals surface area (Å²) in [5, 5.41) is 3.05. The summed E-state index contributed by atoms with van der Waals surface area (Å²) in [6, 6.07) is 0. The molecule has 1 aliphatic heterocycles. The van der Waals surface area contributed by atoms with Crippen molar-refractivity contribution < 1.29 is 13.2 Å². The number of hydrogen-bond acceptors (Lipinski definition) is 1. The third-order valence-electron chi connectivity index (χ3n) is 2.61. The average Bonchev–Trinajstić information content (AvgIpc) is 2.03. The quantitative estimate of drug-likeness (QED) is 0.712. The molecule has 13 heavy (non-hydrogen) atoms. The van der Waals surface area contributed by atoms with Crippen LogP contribution in [0.2, 0.25) is 0 Å². The second kappa shape index (κ2) is 5.05. The Labute approximate surface area is 82.5 Å². The fourth-order valence-electron chi connectivity index (χ4n) is 1.61. The Morgan fingerprint density at radius 2 is 1.69 bits per heavy atom. The van der Waals surface area contributed by atoms with E-state index in [0.29, 0.717) is 12.8 Å². The Hall–Kier alpha value is 0.0400. The summed E-state index contributed by atoms with van der Waals surface area (Å²) in [4.78, 5) is 0. The lowest BCUT2D eigenvalue weighted by Crippen LogP contribution is -2.36. The first-order chi connectivity index (χ1) is 5.52. The topological polar surface area (TPSA) is 12.0 Å². The standard InChI is InChI=1S/C8H14F3N.ClH/c1-6(8(9,10)11)7-2-4-12-5-3-7;/h6-7,12H,2-5H2,1H3;1H. The lowest BCUT2D eigenvalue weighted by molar-refractivity contribution is -0.185. The van der Waals surface area contributed by atoms with Gasteiger partial charge >= 0.3 is 6.18 Å². The van der Waals surface area contributed by atoms with E-state index >= 15 is 0 Å². The molecule has 0 aromatic carbocycles. The van der Waals surface area contributed by atoms with E-state index < -0.39 is 12.1 Å². The average molecular weight is 218 g/mol. The normalized spacial score (nSPS) is 22.2. The van der Waals surface area contributed by atoms with Gasteiger partial charge in [0.05, 0.1) is 5.92 Å². The fraction of sp³-hybridized carbons (Fsp3) is 1.00. The Bertz CT molecular complexity index is 143. The van der Waals surface area contributed by atoms with Gasteiger partial charge in [0, 0.05) is 0 Å². The molecule has 0 spiro atoms. The molecule has 1 nitrogen and oxygen atoms in total. The van der Waals surface area contributed by atoms with Gasteiger partial charge in [-0.25, -0.2) is 0 Å². The predicted molar refractivity (Wildman–Crippen MR) is 48.1 cm³/mol. The van der Waals surface area contributed by atoms with Crippen LogP contribution in [0.25, 0.3) is 0 Å². The van der Waals surface area contributed by atoms with Gasteiger partial charge in [0.1, 0.15) is 0 Å². The highest BCUT2D eigenvalue weighted by Gasteiger charge is 2.41. The van der Waals surface area contributed by atoms with Gasteiger partial charge in [0.15, 0.2) is 0 Å². The predicted octanol–water partition coefficient (Wildman–Crippen LogP) is 2.61. The van der Waals surface area contributed by atoms with Crippen molar-refractivity contribution in [2.75, 3.05) is 13.1 Å². The van der Waals surface area contributed by atoms with Gasteiger partial charge in [-0.3, -0.25) is 0 Å². The van der Waals surface area contributed by atoms with Crippen molar-refractivity contribution in [3.63, 3.8) is 0 Å². The van der Waals surface area contributed by atoms with Crippen molar-refractivity contribution in [3.8, 4) is 0 Å². The van der Waals surface area contributed by atoms with Crippen LogP contribution in [0, 0.1) is 11.8 Å². The van der Waals surface area contributed by atoms with E-state index in [1.807, 2.05) is 0 Å². The molecule has 80 valence electrons. The van der Waals surface area contributed by atoms with Gasteiger partial charge in [-0.15, -0.1) is 12.4 Å². The summed E-state index contributed by atoms with van der Waals surface area (Å²) in [6.45, 7) is 2.74. The molecular formula is C8H15ClF3N. The molecule has 1 unspecified atom stereocenters. The summed E-state index contributed by atoms with van der Waals surface area (Å²) < 4.78 is 36.6. The van der Waals surface area contributed by atoms with Crippen LogP contribution < -0.4 is 5.32 Å². The van der Waals surface area contributed by atoms with Crippen LogP contribution in [0.1, 0.15) is 19.8 Å². The van der Waals surface area contributed by atoms with Gasteiger partial charge in [0.2, 0.25) is 0 Å². The minimum Gasteiger partial charge on any atom is -0.317 e. The molecule has 0 bridgehead atoms. The second-order valence-corrected chi connectivity index (χ2v) is 3.42. The van der Waals surface area contributed by atoms with E-state index in [1.54, 1.807) is 0 Å². The van der Waals surface area contributed by atoms with E-state index in [0.717, 1.165) is 13.1 Å². The highest BCUT2D eigenvalue weighted by atomic mass is 35.5. The lowest BCUT2D eigenvalue weighted by Gasteiger charge is -2.29. The monoisotopic (exact) mass is 217 g/mol. The SMILES string of the molecule is CC(C1CCNCC1)C(F)(F)F.Cl. The largest absolute Gasteiger partial charge is 0.391 e. The molecule has 0 aliphatic carbocycles. The summed E-state index contributed by atoms with van der Waals surface area (Å²) in [6.07, 6.45) is -2.70. The molecular weight excluding hydrogens is 203 g/mol. The molecule has 0 saturated carbocycles. The highest BCUT2D eigenvalue weighted by Crippen LogP contribution is 2.35. The van der Waals surface area contributed by atoms with Crippen LogP contribution in [0.5, 0.6) is 0 Å². The molecule has 0 aromatic heterocycles. The van der Waals surface area contributed by atoms with E-state index in [9.17, 15) is 13.2 Å². The number of nitrogens with one attached hydrogen (secondary N) is 1. The van der Waals surface area contributed by atoms with Crippen LogP contribution in [0.4, 0.5) is 13.2 Å². The van der Waals surface area contributed by atoms with Crippen molar-refractivity contribution in [1.82, 2.24) is 5.32 Å². The van der Waals surface area contributed by atoms with Gasteiger partial charge in [0.25, 0.3) is 0 Å². The molecule has 1 saturated heterocycles. The zero-order valence-corrected chi connectivity index (χ0v) is 8.34. The van der Waals surface area contributed by atoms with Crippen molar-refractivity contribution in [2.24, 2.45) is 11.8 Å². The Balaban J connectivity index is 0.00000144. The number of halogens is 4. The van der Waals surface area contributed by atoms with Crippen LogP contribution in [-0.2, 0) is 0 Å². The molecule has 1 aliphatic rings. The molecule has 0 radical (unpaired) electrons. The number of alkyl halides is 3. The smallest absolute Gasteiger partial charge is 0.317 e. The summed E-state index contributed by atoms with van der Waals surface area (Å²) >= 11 is 0. The molecule has 1 fully saturated rings. The van der Waals surface area contributed by atoms with E-state index in [4.69, 9.17) is 0 Å². The van der Waals surface area contributed by atoms with Crippen molar-refractivity contribution in [3.05, 3.63) is 0 Å². The van der Waals surface area contributed by atoms with Crippen LogP contribution in [0.15, 0.2) is 0 Å². The third-order valence-corrected chi connectivity index (χ3v) is 2.61. The fourth-order valence-corrected chi connectivity index (χ4v) is 1.61. The first-order valence-corrected chi connectivity index (χ1v) is 4.29. The minimum atomic E-state index is -4.01. The van der Waals surface area contributed by atoms with Gasteiger partial charge in [-0.1, -0.05) is 6.92 Å². The first kappa shape index (κ1) is 13.0. The van der Waals surface area contributed by atoms with E-state index in [-0.39, 0.29) is 18.3 Å². The summed E-state index contributed by atoms with van der Waals surface area (Å²) in [5.41, 5.74) is 0. The summed E-state index contributed by atoms with van der Waals surface area (Å²) in [5.74, 6) is -1.31. The maximum Gasteiger partial charge on any atom is 0.391 e.